The van der Waals surface area contributed by atoms with E-state index in [1.54, 1.807) is 0 Å². The maximum Gasteiger partial charge on any atom is 0.230 e. The van der Waals surface area contributed by atoms with Crippen LogP contribution in [0.3, 0.4) is 0 Å². The Bertz CT molecular complexity index is 587. The lowest BCUT2D eigenvalue weighted by molar-refractivity contribution is -0.129. The highest BCUT2D eigenvalue weighted by Gasteiger charge is 2.45. The van der Waals surface area contributed by atoms with E-state index in [1.165, 1.54) is 5.56 Å². The minimum atomic E-state index is -0.280. The van der Waals surface area contributed by atoms with Crippen LogP contribution in [0, 0.1) is 0 Å². The van der Waals surface area contributed by atoms with Crippen LogP contribution in [-0.2, 0) is 16.6 Å². The second-order valence-corrected chi connectivity index (χ2v) is 5.79. The molecule has 2 aromatic rings. The summed E-state index contributed by atoms with van der Waals surface area (Å²) in [6.45, 7) is 0.706. The molecule has 1 saturated carbocycles. The fourth-order valence-corrected chi connectivity index (χ4v) is 3.07. The van der Waals surface area contributed by atoms with Gasteiger partial charge in [-0.15, -0.1) is 0 Å². The van der Waals surface area contributed by atoms with Gasteiger partial charge in [-0.2, -0.15) is 0 Å². The zero-order valence-electron chi connectivity index (χ0n) is 12.2. The topological polar surface area (TPSA) is 29.1 Å². The number of benzene rings is 2. The Labute approximate surface area is 126 Å². The van der Waals surface area contributed by atoms with Crippen LogP contribution in [0.1, 0.15) is 30.4 Å². The van der Waals surface area contributed by atoms with E-state index in [0.29, 0.717) is 6.54 Å². The lowest BCUT2D eigenvalue weighted by atomic mass is 9.64. The summed E-state index contributed by atoms with van der Waals surface area (Å²) in [4.78, 5) is 12.6. The molecule has 1 aliphatic carbocycles. The largest absolute Gasteiger partial charge is 0.355 e. The molecule has 3 rings (SSSR count). The first kappa shape index (κ1) is 13.9. The van der Waals surface area contributed by atoms with Crippen molar-refractivity contribution < 1.29 is 4.79 Å². The molecule has 0 atom stereocenters. The summed E-state index contributed by atoms with van der Waals surface area (Å²) in [5.74, 6) is 0.191. The Morgan fingerprint density at radius 3 is 2.14 bits per heavy atom. The molecule has 0 unspecified atom stereocenters. The molecular formula is C19H21NO. The van der Waals surface area contributed by atoms with Crippen molar-refractivity contribution in [1.29, 1.82) is 0 Å². The minimum Gasteiger partial charge on any atom is -0.355 e. The first-order chi connectivity index (χ1) is 10.3. The van der Waals surface area contributed by atoms with Crippen molar-refractivity contribution >= 4 is 5.91 Å². The van der Waals surface area contributed by atoms with E-state index in [1.807, 2.05) is 36.4 Å². The average Bonchev–Trinajstić information content (AvgIpc) is 2.48. The second-order valence-electron chi connectivity index (χ2n) is 5.79. The van der Waals surface area contributed by atoms with E-state index >= 15 is 0 Å². The Morgan fingerprint density at radius 1 is 0.952 bits per heavy atom. The number of rotatable bonds is 5. The number of nitrogens with one attached hydrogen (secondary N) is 1. The van der Waals surface area contributed by atoms with Crippen LogP contribution in [0.5, 0.6) is 0 Å². The van der Waals surface area contributed by atoms with E-state index in [-0.39, 0.29) is 11.3 Å². The molecule has 1 aliphatic rings. The van der Waals surface area contributed by atoms with Gasteiger partial charge >= 0.3 is 0 Å². The highest BCUT2D eigenvalue weighted by molar-refractivity contribution is 5.89. The van der Waals surface area contributed by atoms with E-state index in [4.69, 9.17) is 0 Å². The third kappa shape index (κ3) is 2.85. The fourth-order valence-electron chi connectivity index (χ4n) is 3.07. The quantitative estimate of drug-likeness (QED) is 0.892. The molecule has 1 fully saturated rings. The first-order valence-corrected chi connectivity index (χ1v) is 7.69. The molecule has 2 aromatic carbocycles. The van der Waals surface area contributed by atoms with Crippen LogP contribution in [0.4, 0.5) is 0 Å². The molecule has 0 spiro atoms. The zero-order chi connectivity index (χ0) is 14.5. The third-order valence-electron chi connectivity index (χ3n) is 4.51. The average molecular weight is 279 g/mol. The van der Waals surface area contributed by atoms with Crippen LogP contribution in [-0.4, -0.2) is 12.5 Å². The van der Waals surface area contributed by atoms with E-state index in [9.17, 15) is 4.79 Å². The van der Waals surface area contributed by atoms with Crippen molar-refractivity contribution in [2.45, 2.75) is 31.1 Å². The smallest absolute Gasteiger partial charge is 0.230 e. The summed E-state index contributed by atoms with van der Waals surface area (Å²) in [6, 6.07) is 20.5. The molecule has 2 heteroatoms. The second kappa shape index (κ2) is 6.13. The Balaban J connectivity index is 1.62. The van der Waals surface area contributed by atoms with Gasteiger partial charge in [0.1, 0.15) is 0 Å². The summed E-state index contributed by atoms with van der Waals surface area (Å²) in [6.07, 6.45) is 3.96. The van der Waals surface area contributed by atoms with Crippen LogP contribution in [0.2, 0.25) is 0 Å². The fraction of sp³-hybridized carbons (Fsp3) is 0.316. The molecule has 0 heterocycles. The normalized spacial score (nSPS) is 16.0. The van der Waals surface area contributed by atoms with Gasteiger partial charge in [-0.05, 0) is 30.4 Å². The summed E-state index contributed by atoms with van der Waals surface area (Å²) in [7, 11) is 0. The molecule has 0 aromatic heterocycles. The zero-order valence-corrected chi connectivity index (χ0v) is 12.2. The van der Waals surface area contributed by atoms with Crippen molar-refractivity contribution in [3.05, 3.63) is 71.8 Å². The van der Waals surface area contributed by atoms with E-state index in [0.717, 1.165) is 31.2 Å². The maximum absolute atomic E-state index is 12.6. The van der Waals surface area contributed by atoms with Gasteiger partial charge in [-0.3, -0.25) is 4.79 Å². The summed E-state index contributed by atoms with van der Waals surface area (Å²) < 4.78 is 0. The minimum absolute atomic E-state index is 0.191. The van der Waals surface area contributed by atoms with E-state index in [2.05, 4.69) is 29.6 Å². The van der Waals surface area contributed by atoms with E-state index < -0.39 is 0 Å². The molecule has 1 N–H and O–H groups in total. The summed E-state index contributed by atoms with van der Waals surface area (Å²) >= 11 is 0. The van der Waals surface area contributed by atoms with Gasteiger partial charge < -0.3 is 5.32 Å². The van der Waals surface area contributed by atoms with Gasteiger partial charge in [0, 0.05) is 6.54 Å². The van der Waals surface area contributed by atoms with Gasteiger partial charge in [-0.1, -0.05) is 67.1 Å². The number of hydrogen-bond acceptors (Lipinski definition) is 1. The van der Waals surface area contributed by atoms with Gasteiger partial charge in [0.25, 0.3) is 0 Å². The molecule has 0 saturated heterocycles. The molecule has 2 nitrogen and oxygen atoms in total. The van der Waals surface area contributed by atoms with Gasteiger partial charge in [0.15, 0.2) is 0 Å². The maximum atomic E-state index is 12.6. The lowest BCUT2D eigenvalue weighted by Gasteiger charge is -2.40. The van der Waals surface area contributed by atoms with Gasteiger partial charge in [0.2, 0.25) is 5.91 Å². The molecular weight excluding hydrogens is 258 g/mol. The molecule has 21 heavy (non-hydrogen) atoms. The SMILES string of the molecule is O=C(NCCc1ccccc1)C1(c2ccccc2)CCC1. The number of carbonyl (C=O) groups is 1. The molecule has 0 radical (unpaired) electrons. The van der Waals surface area contributed by atoms with Crippen LogP contribution < -0.4 is 5.32 Å². The van der Waals surface area contributed by atoms with Gasteiger partial charge in [-0.25, -0.2) is 0 Å². The van der Waals surface area contributed by atoms with Crippen molar-refractivity contribution in [2.75, 3.05) is 6.54 Å². The van der Waals surface area contributed by atoms with Gasteiger partial charge in [0.05, 0.1) is 5.41 Å². The van der Waals surface area contributed by atoms with Crippen LogP contribution in [0.25, 0.3) is 0 Å². The number of hydrogen-bond donors (Lipinski definition) is 1. The number of amides is 1. The molecule has 108 valence electrons. The predicted molar refractivity (Wildman–Crippen MR) is 85.1 cm³/mol. The first-order valence-electron chi connectivity index (χ1n) is 7.69. The van der Waals surface area contributed by atoms with Crippen molar-refractivity contribution in [1.82, 2.24) is 5.32 Å². The van der Waals surface area contributed by atoms with Crippen molar-refractivity contribution in [2.24, 2.45) is 0 Å². The summed E-state index contributed by atoms with van der Waals surface area (Å²) in [5.41, 5.74) is 2.14. The summed E-state index contributed by atoms with van der Waals surface area (Å²) in [5, 5.41) is 3.13. The van der Waals surface area contributed by atoms with Crippen LogP contribution >= 0.6 is 0 Å². The monoisotopic (exact) mass is 279 g/mol. The molecule has 1 amide bonds. The van der Waals surface area contributed by atoms with Crippen molar-refractivity contribution in [3.8, 4) is 0 Å². The predicted octanol–water partition coefficient (Wildman–Crippen LogP) is 3.47. The lowest BCUT2D eigenvalue weighted by Crippen LogP contribution is -2.49. The number of carbonyl (C=O) groups excluding carboxylic acids is 1. The highest BCUT2D eigenvalue weighted by atomic mass is 16.2. The molecule has 0 bridgehead atoms. The standard InChI is InChI=1S/C19H21NO/c21-18(20-15-12-16-8-3-1-4-9-16)19(13-7-14-19)17-10-5-2-6-11-17/h1-6,8-11H,7,12-15H2,(H,20,21). The Hall–Kier alpha value is -2.09. The van der Waals surface area contributed by atoms with Crippen LogP contribution in [0.15, 0.2) is 60.7 Å². The Kier molecular flexibility index (Phi) is 4.05. The Morgan fingerprint density at radius 2 is 1.57 bits per heavy atom. The molecule has 0 aliphatic heterocycles. The third-order valence-corrected chi connectivity index (χ3v) is 4.51. The highest BCUT2D eigenvalue weighted by Crippen LogP contribution is 2.43. The van der Waals surface area contributed by atoms with Crippen molar-refractivity contribution in [3.63, 3.8) is 0 Å².